The Kier molecular flexibility index (Phi) is 6.84. The van der Waals surface area contributed by atoms with E-state index in [0.29, 0.717) is 19.5 Å². The maximum atomic E-state index is 12.2. The van der Waals surface area contributed by atoms with Gasteiger partial charge in [0, 0.05) is 19.1 Å². The molecular weight excluding hydrogens is 422 g/mol. The third-order valence-corrected chi connectivity index (χ3v) is 7.81. The van der Waals surface area contributed by atoms with E-state index in [0.717, 1.165) is 33.2 Å². The summed E-state index contributed by atoms with van der Waals surface area (Å²) in [5.41, 5.74) is 3.36. The first-order chi connectivity index (χ1) is 15.3. The fraction of sp³-hybridized carbons (Fsp3) is 0.385. The van der Waals surface area contributed by atoms with Crippen LogP contribution < -0.4 is 4.74 Å². The van der Waals surface area contributed by atoms with Crippen LogP contribution in [0.3, 0.4) is 0 Å². The highest BCUT2D eigenvalue weighted by Crippen LogP contribution is 2.25. The molecule has 4 rings (SSSR count). The van der Waals surface area contributed by atoms with Gasteiger partial charge in [0.1, 0.15) is 18.5 Å². The van der Waals surface area contributed by atoms with Gasteiger partial charge in [-0.1, -0.05) is 48.5 Å². The monoisotopic (exact) mass is 453 g/mol. The number of rotatable bonds is 8. The number of aliphatic hydroxyl groups is 1. The molecule has 6 heteroatoms. The molecule has 1 aliphatic rings. The molecule has 0 spiro atoms. The molecule has 1 heterocycles. The molecule has 5 nitrogen and oxygen atoms in total. The number of hydrogen-bond donors (Lipinski definition) is 1. The van der Waals surface area contributed by atoms with Crippen LogP contribution in [0.1, 0.15) is 23.1 Å². The largest absolute Gasteiger partial charge is 0.491 e. The molecule has 0 amide bonds. The van der Waals surface area contributed by atoms with Crippen molar-refractivity contribution in [2.24, 2.45) is 0 Å². The van der Waals surface area contributed by atoms with Crippen molar-refractivity contribution in [2.45, 2.75) is 39.0 Å². The quantitative estimate of drug-likeness (QED) is 0.561. The van der Waals surface area contributed by atoms with Crippen LogP contribution in [0.2, 0.25) is 0 Å². The molecule has 1 N–H and O–H groups in total. The molecule has 2 atom stereocenters. The highest BCUT2D eigenvalue weighted by Gasteiger charge is 2.33. The van der Waals surface area contributed by atoms with Crippen LogP contribution in [-0.2, 0) is 16.4 Å². The maximum absolute atomic E-state index is 12.2. The predicted octanol–water partition coefficient (Wildman–Crippen LogP) is 3.89. The first-order valence-electron chi connectivity index (χ1n) is 11.1. The molecule has 3 aromatic carbocycles. The number of ether oxygens (including phenoxy) is 1. The van der Waals surface area contributed by atoms with Gasteiger partial charge in [0.25, 0.3) is 0 Å². The Labute approximate surface area is 190 Å². The lowest BCUT2D eigenvalue weighted by atomic mass is 10.0. The van der Waals surface area contributed by atoms with Gasteiger partial charge >= 0.3 is 0 Å². The zero-order valence-electron chi connectivity index (χ0n) is 18.7. The summed E-state index contributed by atoms with van der Waals surface area (Å²) in [7, 11) is -3.03. The fourth-order valence-corrected chi connectivity index (χ4v) is 6.35. The molecule has 0 aromatic heterocycles. The lowest BCUT2D eigenvalue weighted by molar-refractivity contribution is 0.0526. The lowest BCUT2D eigenvalue weighted by Gasteiger charge is -2.30. The van der Waals surface area contributed by atoms with Crippen molar-refractivity contribution in [2.75, 3.05) is 24.7 Å². The zero-order valence-corrected chi connectivity index (χ0v) is 19.5. The lowest BCUT2D eigenvalue weighted by Crippen LogP contribution is -2.42. The smallest absolute Gasteiger partial charge is 0.151 e. The Morgan fingerprint density at radius 2 is 1.78 bits per heavy atom. The van der Waals surface area contributed by atoms with Gasteiger partial charge in [0.05, 0.1) is 11.5 Å². The summed E-state index contributed by atoms with van der Waals surface area (Å²) >= 11 is 0. The number of sulfone groups is 1. The normalized spacial score (nSPS) is 18.8. The van der Waals surface area contributed by atoms with E-state index in [1.165, 1.54) is 0 Å². The summed E-state index contributed by atoms with van der Waals surface area (Å²) < 4.78 is 30.2. The van der Waals surface area contributed by atoms with Crippen molar-refractivity contribution in [1.82, 2.24) is 4.90 Å². The molecule has 2 unspecified atom stereocenters. The minimum absolute atomic E-state index is 0.102. The van der Waals surface area contributed by atoms with E-state index < -0.39 is 15.9 Å². The average molecular weight is 454 g/mol. The Hall–Kier alpha value is -2.41. The van der Waals surface area contributed by atoms with Crippen molar-refractivity contribution in [3.63, 3.8) is 0 Å². The summed E-state index contributed by atoms with van der Waals surface area (Å²) in [5.74, 6) is 1.09. The van der Waals surface area contributed by atoms with E-state index in [1.54, 1.807) is 0 Å². The van der Waals surface area contributed by atoms with E-state index in [1.807, 2.05) is 44.2 Å². The van der Waals surface area contributed by atoms with E-state index in [2.05, 4.69) is 35.2 Å². The van der Waals surface area contributed by atoms with Gasteiger partial charge in [-0.25, -0.2) is 8.42 Å². The molecule has 32 heavy (non-hydrogen) atoms. The Morgan fingerprint density at radius 1 is 1.06 bits per heavy atom. The van der Waals surface area contributed by atoms with Crippen molar-refractivity contribution in [1.29, 1.82) is 0 Å². The molecular formula is C26H31NO4S. The number of hydrogen-bond acceptors (Lipinski definition) is 5. The Morgan fingerprint density at radius 3 is 2.50 bits per heavy atom. The predicted molar refractivity (Wildman–Crippen MR) is 129 cm³/mol. The number of nitrogens with zero attached hydrogens (tertiary/aromatic N) is 1. The van der Waals surface area contributed by atoms with Crippen LogP contribution in [0.4, 0.5) is 0 Å². The SMILES string of the molecule is Cc1cc(C)cc(OCC(O)CN(Cc2cccc3ccccc23)C2CCS(=O)(=O)C2)c1. The molecule has 0 saturated carbocycles. The molecule has 3 aromatic rings. The van der Waals surface area contributed by atoms with E-state index in [9.17, 15) is 13.5 Å². The summed E-state index contributed by atoms with van der Waals surface area (Å²) in [5, 5.41) is 13.1. The van der Waals surface area contributed by atoms with Crippen LogP contribution in [0.5, 0.6) is 5.75 Å². The summed E-state index contributed by atoms with van der Waals surface area (Å²) in [6, 6.07) is 20.3. The highest BCUT2D eigenvalue weighted by molar-refractivity contribution is 7.91. The molecule has 0 radical (unpaired) electrons. The highest BCUT2D eigenvalue weighted by atomic mass is 32.2. The van der Waals surface area contributed by atoms with Crippen molar-refractivity contribution in [3.05, 3.63) is 77.4 Å². The summed E-state index contributed by atoms with van der Waals surface area (Å²) in [6.45, 7) is 5.14. The summed E-state index contributed by atoms with van der Waals surface area (Å²) in [6.07, 6.45) is -0.133. The Bertz CT molecular complexity index is 1170. The number of benzene rings is 3. The standard InChI is InChI=1S/C26H31NO4S/c1-19-12-20(2)14-25(13-19)31-17-24(28)16-27(23-10-11-32(29,30)18-23)15-22-8-5-7-21-6-3-4-9-26(21)22/h3-9,12-14,23-24,28H,10-11,15-18H2,1-2H3. The van der Waals surface area contributed by atoms with E-state index in [-0.39, 0.29) is 24.2 Å². The minimum atomic E-state index is -3.03. The average Bonchev–Trinajstić information content (AvgIpc) is 3.11. The molecule has 1 saturated heterocycles. The fourth-order valence-electron chi connectivity index (χ4n) is 4.59. The molecule has 170 valence electrons. The molecule has 1 aliphatic heterocycles. The first kappa shape index (κ1) is 22.8. The second-order valence-corrected chi connectivity index (χ2v) is 11.1. The topological polar surface area (TPSA) is 66.8 Å². The summed E-state index contributed by atoms with van der Waals surface area (Å²) in [4.78, 5) is 2.11. The second kappa shape index (κ2) is 9.61. The van der Waals surface area contributed by atoms with Gasteiger partial charge in [0.15, 0.2) is 9.84 Å². The van der Waals surface area contributed by atoms with Gasteiger partial charge in [-0.2, -0.15) is 0 Å². The number of aliphatic hydroxyl groups excluding tert-OH is 1. The van der Waals surface area contributed by atoms with Crippen LogP contribution >= 0.6 is 0 Å². The maximum Gasteiger partial charge on any atom is 0.151 e. The van der Waals surface area contributed by atoms with Gasteiger partial charge in [-0.15, -0.1) is 0 Å². The van der Waals surface area contributed by atoms with Crippen molar-refractivity contribution < 1.29 is 18.3 Å². The molecule has 1 fully saturated rings. The van der Waals surface area contributed by atoms with Crippen LogP contribution in [0.25, 0.3) is 10.8 Å². The third-order valence-electron chi connectivity index (χ3n) is 6.06. The minimum Gasteiger partial charge on any atom is -0.491 e. The number of fused-ring (bicyclic) bond motifs is 1. The van der Waals surface area contributed by atoms with Crippen molar-refractivity contribution in [3.8, 4) is 5.75 Å². The Balaban J connectivity index is 1.50. The van der Waals surface area contributed by atoms with E-state index in [4.69, 9.17) is 4.74 Å². The molecule has 0 aliphatic carbocycles. The van der Waals surface area contributed by atoms with Gasteiger partial charge in [-0.3, -0.25) is 4.90 Å². The van der Waals surface area contributed by atoms with Crippen LogP contribution in [0, 0.1) is 13.8 Å². The van der Waals surface area contributed by atoms with Gasteiger partial charge in [-0.05, 0) is 59.9 Å². The number of aryl methyl sites for hydroxylation is 2. The van der Waals surface area contributed by atoms with Crippen LogP contribution in [-0.4, -0.2) is 55.2 Å². The third kappa shape index (κ3) is 5.68. The molecule has 0 bridgehead atoms. The van der Waals surface area contributed by atoms with Gasteiger partial charge < -0.3 is 9.84 Å². The van der Waals surface area contributed by atoms with Gasteiger partial charge in [0.2, 0.25) is 0 Å². The van der Waals surface area contributed by atoms with E-state index >= 15 is 0 Å². The van der Waals surface area contributed by atoms with Crippen LogP contribution in [0.15, 0.2) is 60.7 Å². The second-order valence-electron chi connectivity index (χ2n) is 8.91. The van der Waals surface area contributed by atoms with Crippen molar-refractivity contribution >= 4 is 20.6 Å². The zero-order chi connectivity index (χ0) is 22.7. The first-order valence-corrected chi connectivity index (χ1v) is 12.9.